The Balaban J connectivity index is 1.21. The number of β-amino-alcohol motifs (C(OH)–C–C–N with tert-alkyl or cyclic N) is 1. The molecule has 1 amide bonds. The Hall–Kier alpha value is -4.84. The van der Waals surface area contributed by atoms with E-state index in [9.17, 15) is 15.0 Å². The largest absolute Gasteiger partial charge is 0.508 e. The summed E-state index contributed by atoms with van der Waals surface area (Å²) in [7, 11) is 1.40. The van der Waals surface area contributed by atoms with Crippen molar-refractivity contribution in [2.45, 2.75) is 82.9 Å². The highest BCUT2D eigenvalue weighted by Crippen LogP contribution is 2.50. The molecule has 4 fully saturated rings. The summed E-state index contributed by atoms with van der Waals surface area (Å²) < 4.78 is 50.6. The number of hydrogen-bond acceptors (Lipinski definition) is 11. The molecule has 1 unspecified atom stereocenters. The van der Waals surface area contributed by atoms with Gasteiger partial charge in [0.2, 0.25) is 11.8 Å². The summed E-state index contributed by atoms with van der Waals surface area (Å²) in [5.41, 5.74) is -1.88. The number of rotatable bonds is 8. The number of aromatic hydroxyl groups is 1. The van der Waals surface area contributed by atoms with Crippen molar-refractivity contribution < 1.29 is 38.0 Å². The third-order valence-electron chi connectivity index (χ3n) is 12.5. The molecule has 0 radical (unpaired) electrons. The molecule has 3 aliphatic heterocycles. The molecule has 0 bridgehead atoms. The van der Waals surface area contributed by atoms with E-state index in [4.69, 9.17) is 30.6 Å². The summed E-state index contributed by atoms with van der Waals surface area (Å²) in [5, 5.41) is 22.7. The number of methoxy groups -OCH3 is 1. The standard InChI is InChI=1S/C43H50F2N6O6/c1-5-29-31(44)11-10-26-21-28(52)22-30(34(26)29)37-36(45)38-35(40(46-37)55-4)39(50-19-20-56-24-42(3,54)23-50)48-41(47-38)57-25-43-14-7-9-32(43)51(16-8-15-43)27-12-17-49(18-13-27)33(53)6-2/h1,10-11,21-22,27,32,52,54H,6-9,12-20,23-25H2,2-4H3/t32-,42+,43?/m1/s1. The maximum atomic E-state index is 17.4. The number of terminal acetylenes is 1. The molecule has 1 saturated carbocycles. The van der Waals surface area contributed by atoms with Gasteiger partial charge in [-0.05, 0) is 75.6 Å². The van der Waals surface area contributed by atoms with Crippen LogP contribution in [-0.4, -0.2) is 118 Å². The van der Waals surface area contributed by atoms with E-state index in [0.29, 0.717) is 37.0 Å². The minimum absolute atomic E-state index is 0.0213. The second-order valence-electron chi connectivity index (χ2n) is 16.3. The molecular formula is C43H50F2N6O6. The van der Waals surface area contributed by atoms with Crippen LogP contribution in [0.5, 0.6) is 17.6 Å². The van der Waals surface area contributed by atoms with Crippen LogP contribution in [0.2, 0.25) is 0 Å². The summed E-state index contributed by atoms with van der Waals surface area (Å²) >= 11 is 0. The lowest BCUT2D eigenvalue weighted by Crippen LogP contribution is -2.57. The molecule has 0 spiro atoms. The average Bonchev–Trinajstić information content (AvgIpc) is 3.56. The van der Waals surface area contributed by atoms with Crippen molar-refractivity contribution in [1.29, 1.82) is 0 Å². The highest BCUT2D eigenvalue weighted by Gasteiger charge is 2.50. The van der Waals surface area contributed by atoms with Crippen LogP contribution in [0.25, 0.3) is 32.9 Å². The number of phenolic OH excluding ortho intramolecular Hbond substituents is 1. The van der Waals surface area contributed by atoms with Crippen LogP contribution >= 0.6 is 0 Å². The first-order valence-electron chi connectivity index (χ1n) is 20.0. The van der Waals surface area contributed by atoms with Crippen LogP contribution < -0.4 is 14.4 Å². The lowest BCUT2D eigenvalue weighted by Gasteiger charge is -2.50. The van der Waals surface area contributed by atoms with Gasteiger partial charge in [0.1, 0.15) is 39.6 Å². The Morgan fingerprint density at radius 1 is 1.07 bits per heavy atom. The first-order chi connectivity index (χ1) is 27.5. The molecule has 2 N–H and O–H groups in total. The zero-order valence-corrected chi connectivity index (χ0v) is 32.8. The number of anilines is 1. The Kier molecular flexibility index (Phi) is 10.6. The topological polar surface area (TPSA) is 134 Å². The fourth-order valence-corrected chi connectivity index (χ4v) is 9.91. The zero-order chi connectivity index (χ0) is 40.1. The van der Waals surface area contributed by atoms with Gasteiger partial charge >= 0.3 is 6.01 Å². The van der Waals surface area contributed by atoms with Crippen molar-refractivity contribution in [3.05, 3.63) is 41.5 Å². The van der Waals surface area contributed by atoms with Crippen molar-refractivity contribution in [3.8, 4) is 41.2 Å². The van der Waals surface area contributed by atoms with E-state index in [1.54, 1.807) is 11.8 Å². The molecule has 8 rings (SSSR count). The van der Waals surface area contributed by atoms with Crippen LogP contribution in [-0.2, 0) is 9.53 Å². The van der Waals surface area contributed by atoms with Gasteiger partial charge in [-0.3, -0.25) is 9.69 Å². The molecule has 5 heterocycles. The van der Waals surface area contributed by atoms with E-state index < -0.39 is 17.2 Å². The minimum Gasteiger partial charge on any atom is -0.508 e. The molecule has 4 aliphatic rings. The number of nitrogens with zero attached hydrogens (tertiary/aromatic N) is 6. The predicted molar refractivity (Wildman–Crippen MR) is 211 cm³/mol. The van der Waals surface area contributed by atoms with Gasteiger partial charge in [-0.1, -0.05) is 25.3 Å². The van der Waals surface area contributed by atoms with E-state index in [2.05, 4.69) is 15.8 Å². The van der Waals surface area contributed by atoms with Crippen LogP contribution in [0.4, 0.5) is 14.6 Å². The monoisotopic (exact) mass is 784 g/mol. The van der Waals surface area contributed by atoms with E-state index in [0.717, 1.165) is 64.6 Å². The Labute approximate surface area is 331 Å². The number of likely N-dealkylation sites (tertiary alicyclic amines) is 2. The van der Waals surface area contributed by atoms with Crippen molar-refractivity contribution in [1.82, 2.24) is 24.8 Å². The van der Waals surface area contributed by atoms with Gasteiger partial charge in [0.15, 0.2) is 5.82 Å². The number of ether oxygens (including phenoxy) is 3. The number of carbonyl (C=O) groups is 1. The van der Waals surface area contributed by atoms with Crippen LogP contribution in [0.15, 0.2) is 24.3 Å². The molecule has 2 aromatic heterocycles. The second-order valence-corrected chi connectivity index (χ2v) is 16.3. The quantitative estimate of drug-likeness (QED) is 0.210. The maximum Gasteiger partial charge on any atom is 0.319 e. The number of pyridine rings is 1. The third kappa shape index (κ3) is 7.19. The maximum absolute atomic E-state index is 17.4. The van der Waals surface area contributed by atoms with Gasteiger partial charge in [-0.15, -0.1) is 6.42 Å². The number of phenols is 1. The fourth-order valence-electron chi connectivity index (χ4n) is 9.91. The molecule has 57 heavy (non-hydrogen) atoms. The Bertz CT molecular complexity index is 2240. The highest BCUT2D eigenvalue weighted by molar-refractivity contribution is 6.04. The number of halogens is 2. The molecule has 2 aromatic carbocycles. The number of hydrogen-bond donors (Lipinski definition) is 2. The molecular weight excluding hydrogens is 735 g/mol. The van der Waals surface area contributed by atoms with E-state index in [-0.39, 0.29) is 87.6 Å². The van der Waals surface area contributed by atoms with Gasteiger partial charge in [0, 0.05) is 54.5 Å². The van der Waals surface area contributed by atoms with E-state index >= 15 is 8.78 Å². The first-order valence-corrected chi connectivity index (χ1v) is 20.0. The SMILES string of the molecule is C#Cc1c(F)ccc2cc(O)cc(-c3nc(OC)c4c(N5CCOC[C@@](C)(O)C5)nc(OCC56CCC[C@H]5N(C5CCN(C(=O)CC)CC5)CCC6)nc4c3F)c12. The Morgan fingerprint density at radius 3 is 2.61 bits per heavy atom. The van der Waals surface area contributed by atoms with Crippen molar-refractivity contribution >= 4 is 33.4 Å². The van der Waals surface area contributed by atoms with Crippen molar-refractivity contribution in [2.75, 3.05) is 64.6 Å². The van der Waals surface area contributed by atoms with E-state index in [1.807, 2.05) is 11.8 Å². The molecule has 3 saturated heterocycles. The Morgan fingerprint density at radius 2 is 1.86 bits per heavy atom. The average molecular weight is 785 g/mol. The molecule has 12 nitrogen and oxygen atoms in total. The molecule has 3 atom stereocenters. The number of benzene rings is 2. The number of amides is 1. The van der Waals surface area contributed by atoms with Gasteiger partial charge in [-0.25, -0.2) is 13.8 Å². The minimum atomic E-state index is -1.26. The lowest BCUT2D eigenvalue weighted by atomic mass is 9.74. The van der Waals surface area contributed by atoms with Crippen LogP contribution in [0.3, 0.4) is 0 Å². The summed E-state index contributed by atoms with van der Waals surface area (Å²) in [5.74, 6) is 1.08. The smallest absolute Gasteiger partial charge is 0.319 e. The fraction of sp³-hybridized carbons (Fsp3) is 0.535. The van der Waals surface area contributed by atoms with E-state index in [1.165, 1.54) is 31.4 Å². The number of aliphatic hydroxyl groups is 1. The van der Waals surface area contributed by atoms with Gasteiger partial charge < -0.3 is 34.2 Å². The summed E-state index contributed by atoms with van der Waals surface area (Å²) in [6, 6.07) is 6.02. The van der Waals surface area contributed by atoms with Crippen molar-refractivity contribution in [3.63, 3.8) is 0 Å². The molecule has 4 aromatic rings. The van der Waals surface area contributed by atoms with Crippen molar-refractivity contribution in [2.24, 2.45) is 5.41 Å². The van der Waals surface area contributed by atoms with Gasteiger partial charge in [0.05, 0.1) is 39.0 Å². The first kappa shape index (κ1) is 39.0. The molecule has 1 aliphatic carbocycles. The number of carbonyl (C=O) groups excluding carboxylic acids is 1. The number of aromatic nitrogens is 3. The molecule has 14 heteroatoms. The zero-order valence-electron chi connectivity index (χ0n) is 32.8. The lowest BCUT2D eigenvalue weighted by molar-refractivity contribution is -0.133. The molecule has 302 valence electrons. The predicted octanol–water partition coefficient (Wildman–Crippen LogP) is 5.82. The highest BCUT2D eigenvalue weighted by atomic mass is 19.1. The third-order valence-corrected chi connectivity index (χ3v) is 12.5. The summed E-state index contributed by atoms with van der Waals surface area (Å²) in [4.78, 5) is 33.1. The number of fused-ring (bicyclic) bond motifs is 3. The van der Waals surface area contributed by atoms with Crippen LogP contribution in [0, 0.1) is 29.4 Å². The summed E-state index contributed by atoms with van der Waals surface area (Å²) in [6.45, 7) is 7.24. The second kappa shape index (κ2) is 15.5. The van der Waals surface area contributed by atoms with Gasteiger partial charge in [-0.2, -0.15) is 9.97 Å². The number of piperidine rings is 2. The van der Waals surface area contributed by atoms with Gasteiger partial charge in [0.25, 0.3) is 0 Å². The normalized spacial score (nSPS) is 24.7. The summed E-state index contributed by atoms with van der Waals surface area (Å²) in [6.07, 6.45) is 13.2. The van der Waals surface area contributed by atoms with Crippen LogP contribution in [0.1, 0.15) is 70.8 Å².